The van der Waals surface area contributed by atoms with Crippen molar-refractivity contribution in [3.05, 3.63) is 94.2 Å². The standard InChI is InChI=1S/C30H38F6O5.C26H34F6O3/c1-18(7-5-14-28(39,29(31,32)33)30(34,35)36)25-11-12-26-22(8-6-13-27(25,26)4)10-9-21-15-23(40-19(2)37)17-24(16-21)41-20(3)38;1-16(5-3-12-24(35,25(27,28)29)26(30,31)32)21-9-10-22-18(6-4-11-23(21,22)2)8-7-17-13-19(33)15-20(34)14-17/h5,9-11,14,18,23-24,26,39H,6-8,12-13,15-17H2,1-4H3;3,7-9,12,16,19-20,22,33-35H,4-6,10-11,13-15H2,1-2H3/b14-5-,22-10+;12-3-,18-8+/t18-,23-,24-,26+,27-;16-,19-,20-,22+,23-/m11/s1. The smallest absolute Gasteiger partial charge is 0.429 e. The highest BCUT2D eigenvalue weighted by molar-refractivity contribution is 5.67. The van der Waals surface area contributed by atoms with E-state index in [-0.39, 0.29) is 59.5 Å². The van der Waals surface area contributed by atoms with Gasteiger partial charge in [0.05, 0.1) is 12.2 Å². The van der Waals surface area contributed by atoms with Gasteiger partial charge in [0.25, 0.3) is 11.2 Å². The van der Waals surface area contributed by atoms with Crippen molar-refractivity contribution in [1.82, 2.24) is 0 Å². The van der Waals surface area contributed by atoms with Gasteiger partial charge in [0, 0.05) is 33.1 Å². The third kappa shape index (κ3) is 14.4. The van der Waals surface area contributed by atoms with Gasteiger partial charge in [-0.15, -0.1) is 0 Å². The Bertz CT molecular complexity index is 2270. The zero-order valence-electron chi connectivity index (χ0n) is 43.7. The van der Waals surface area contributed by atoms with Crippen molar-refractivity contribution in [3.63, 3.8) is 0 Å². The Morgan fingerprint density at radius 3 is 1.26 bits per heavy atom. The quantitative estimate of drug-likeness (QED) is 0.0863. The summed E-state index contributed by atoms with van der Waals surface area (Å²) in [5.74, 6) is -1.10. The molecule has 0 radical (unpaired) electrons. The van der Waals surface area contributed by atoms with Crippen molar-refractivity contribution >= 4 is 11.9 Å². The summed E-state index contributed by atoms with van der Waals surface area (Å²) >= 11 is 0. The van der Waals surface area contributed by atoms with E-state index in [1.165, 1.54) is 25.0 Å². The van der Waals surface area contributed by atoms with Gasteiger partial charge in [0.1, 0.15) is 12.2 Å². The normalized spacial score (nSPS) is 30.8. The van der Waals surface area contributed by atoms with Crippen molar-refractivity contribution in [3.8, 4) is 0 Å². The lowest BCUT2D eigenvalue weighted by atomic mass is 9.62. The molecule has 20 heteroatoms. The molecule has 0 spiro atoms. The molecule has 0 aromatic rings. The van der Waals surface area contributed by atoms with Crippen LogP contribution in [-0.4, -0.2) is 92.7 Å². The molecule has 6 aliphatic rings. The van der Waals surface area contributed by atoms with Crippen molar-refractivity contribution in [1.29, 1.82) is 0 Å². The molecule has 4 saturated carbocycles. The third-order valence-electron chi connectivity index (χ3n) is 16.5. The van der Waals surface area contributed by atoms with Crippen LogP contribution in [0.5, 0.6) is 0 Å². The minimum Gasteiger partial charge on any atom is -0.462 e. The lowest BCUT2D eigenvalue weighted by molar-refractivity contribution is -0.348. The van der Waals surface area contributed by atoms with Crippen molar-refractivity contribution in [2.45, 2.75) is 205 Å². The Balaban J connectivity index is 0.000000284. The Kier molecular flexibility index (Phi) is 19.9. The predicted molar refractivity (Wildman–Crippen MR) is 259 cm³/mol. The van der Waals surface area contributed by atoms with Crippen LogP contribution in [0.25, 0.3) is 0 Å². The van der Waals surface area contributed by atoms with Crippen LogP contribution in [0, 0.1) is 34.5 Å². The maximum atomic E-state index is 13.0. The molecule has 0 aromatic carbocycles. The molecule has 10 atom stereocenters. The first-order chi connectivity index (χ1) is 35.0. The first-order valence-electron chi connectivity index (χ1n) is 25.9. The van der Waals surface area contributed by atoms with E-state index in [0.29, 0.717) is 44.9 Å². The molecule has 0 aliphatic heterocycles. The highest BCUT2D eigenvalue weighted by Crippen LogP contribution is 2.59. The van der Waals surface area contributed by atoms with Gasteiger partial charge in [-0.2, -0.15) is 52.7 Å². The summed E-state index contributed by atoms with van der Waals surface area (Å²) in [7, 11) is 0. The molecule has 0 saturated heterocycles. The second-order valence-corrected chi connectivity index (χ2v) is 22.2. The van der Waals surface area contributed by atoms with Gasteiger partial charge >= 0.3 is 36.6 Å². The average Bonchev–Trinajstić information content (AvgIpc) is 3.82. The summed E-state index contributed by atoms with van der Waals surface area (Å²) in [6.07, 6.45) is -2.55. The van der Waals surface area contributed by atoms with Crippen molar-refractivity contribution < 1.29 is 92.2 Å². The molecule has 6 aliphatic carbocycles. The van der Waals surface area contributed by atoms with E-state index in [0.717, 1.165) is 79.4 Å². The first-order valence-corrected chi connectivity index (χ1v) is 25.9. The fraction of sp³-hybridized carbons (Fsp3) is 0.679. The lowest BCUT2D eigenvalue weighted by Gasteiger charge is -2.42. The number of ether oxygens (including phenoxy) is 2. The summed E-state index contributed by atoms with van der Waals surface area (Å²) < 4.78 is 167. The SMILES string of the molecule is CC(=O)O[C@@H]1CC(=C/C=C2\CCC[C@]3(C)C([C@H](C)C/C=C\C(O)(C(F)(F)F)C(F)(F)F)=CC[C@@H]23)C[C@@H](OC(C)=O)C1.C[C@H](C/C=C\C(O)(C(F)(F)F)C(F)(F)F)C1=CC[C@H]2/C(=C/C=C3C[C@@H](O)C[C@H](O)C3)CCC[C@]12C. The van der Waals surface area contributed by atoms with Crippen LogP contribution < -0.4 is 0 Å². The molecule has 0 amide bonds. The van der Waals surface area contributed by atoms with Crippen LogP contribution >= 0.6 is 0 Å². The van der Waals surface area contributed by atoms with Gasteiger partial charge in [-0.25, -0.2) is 0 Å². The summed E-state index contributed by atoms with van der Waals surface area (Å²) in [5, 5.41) is 38.6. The number of rotatable bonds is 12. The largest absolute Gasteiger partial charge is 0.462 e. The molecule has 4 fully saturated rings. The molecule has 428 valence electrons. The molecule has 0 aromatic heterocycles. The predicted octanol–water partition coefficient (Wildman–Crippen LogP) is 13.8. The van der Waals surface area contributed by atoms with Gasteiger partial charge in [-0.3, -0.25) is 9.59 Å². The summed E-state index contributed by atoms with van der Waals surface area (Å²) in [4.78, 5) is 23.0. The Hall–Kier alpha value is -4.14. The molecular weight excluding hydrogens is 1030 g/mol. The number of halogens is 12. The highest BCUT2D eigenvalue weighted by Gasteiger charge is 2.70. The Labute approximate surface area is 436 Å². The monoisotopic (exact) mass is 1100 g/mol. The van der Waals surface area contributed by atoms with E-state index in [1.807, 2.05) is 18.2 Å². The number of aliphatic hydroxyl groups is 4. The maximum absolute atomic E-state index is 13.0. The van der Waals surface area contributed by atoms with Crippen LogP contribution in [0.4, 0.5) is 52.7 Å². The fourth-order valence-corrected chi connectivity index (χ4v) is 12.7. The second-order valence-electron chi connectivity index (χ2n) is 22.2. The zero-order valence-corrected chi connectivity index (χ0v) is 43.7. The summed E-state index contributed by atoms with van der Waals surface area (Å²) in [5.41, 5.74) is -3.88. The van der Waals surface area contributed by atoms with Gasteiger partial charge in [-0.05, 0) is 130 Å². The number of esters is 2. The van der Waals surface area contributed by atoms with E-state index in [4.69, 9.17) is 9.47 Å². The van der Waals surface area contributed by atoms with Gasteiger partial charge in [-0.1, -0.05) is 110 Å². The number of allylic oxidation sites excluding steroid dienone is 12. The van der Waals surface area contributed by atoms with Gasteiger partial charge in [0.15, 0.2) is 0 Å². The molecule has 8 nitrogen and oxygen atoms in total. The van der Waals surface area contributed by atoms with Crippen LogP contribution in [0.3, 0.4) is 0 Å². The molecule has 0 unspecified atom stereocenters. The number of alkyl halides is 12. The zero-order chi connectivity index (χ0) is 57.0. The van der Waals surface area contributed by atoms with Crippen LogP contribution in [-0.2, 0) is 19.1 Å². The van der Waals surface area contributed by atoms with Crippen LogP contribution in [0.2, 0.25) is 0 Å². The minimum atomic E-state index is -5.89. The average molecular weight is 1100 g/mol. The highest BCUT2D eigenvalue weighted by atomic mass is 19.4. The van der Waals surface area contributed by atoms with E-state index < -0.39 is 72.3 Å². The summed E-state index contributed by atoms with van der Waals surface area (Å²) in [6, 6.07) is 0. The minimum absolute atomic E-state index is 0.0541. The van der Waals surface area contributed by atoms with Crippen molar-refractivity contribution in [2.75, 3.05) is 0 Å². The van der Waals surface area contributed by atoms with E-state index in [9.17, 15) is 82.7 Å². The fourth-order valence-electron chi connectivity index (χ4n) is 12.7. The number of hydrogen-bond acceptors (Lipinski definition) is 8. The van der Waals surface area contributed by atoms with Gasteiger partial charge < -0.3 is 29.9 Å². The van der Waals surface area contributed by atoms with Crippen LogP contribution in [0.1, 0.15) is 144 Å². The Morgan fingerprint density at radius 1 is 0.592 bits per heavy atom. The molecule has 76 heavy (non-hydrogen) atoms. The maximum Gasteiger partial charge on any atom is 0.429 e. The number of fused-ring (bicyclic) bond motifs is 2. The lowest BCUT2D eigenvalue weighted by Crippen LogP contribution is -2.55. The van der Waals surface area contributed by atoms with E-state index in [2.05, 4.69) is 32.1 Å². The second kappa shape index (κ2) is 24.1. The number of aliphatic hydroxyl groups excluding tert-OH is 2. The van der Waals surface area contributed by atoms with Crippen LogP contribution in [0.15, 0.2) is 94.2 Å². The van der Waals surface area contributed by atoms with Crippen molar-refractivity contribution in [2.24, 2.45) is 34.5 Å². The molecule has 0 heterocycles. The molecule has 0 bridgehead atoms. The number of hydrogen-bond donors (Lipinski definition) is 4. The van der Waals surface area contributed by atoms with E-state index in [1.54, 1.807) is 13.8 Å². The first kappa shape index (κ1) is 62.7. The molecular formula is C56H72F12O8. The molecule has 6 rings (SSSR count). The topological polar surface area (TPSA) is 134 Å². The number of carbonyl (C=O) groups excluding carboxylic acids is 2. The third-order valence-corrected chi connectivity index (χ3v) is 16.5. The Morgan fingerprint density at radius 2 is 0.934 bits per heavy atom. The van der Waals surface area contributed by atoms with E-state index >= 15 is 0 Å². The van der Waals surface area contributed by atoms with Gasteiger partial charge in [0.2, 0.25) is 0 Å². The number of carbonyl (C=O) groups is 2. The molecule has 4 N–H and O–H groups in total. The summed E-state index contributed by atoms with van der Waals surface area (Å²) in [6.45, 7) is 10.4.